The van der Waals surface area contributed by atoms with Crippen molar-refractivity contribution in [2.24, 2.45) is 0 Å². The first-order valence-corrected chi connectivity index (χ1v) is 8.32. The van der Waals surface area contributed by atoms with Crippen molar-refractivity contribution >= 4 is 5.91 Å². The molecule has 128 valence electrons. The molecule has 0 unspecified atom stereocenters. The van der Waals surface area contributed by atoms with Crippen molar-refractivity contribution in [3.8, 4) is 5.82 Å². The number of amides is 1. The summed E-state index contributed by atoms with van der Waals surface area (Å²) in [7, 11) is 0. The predicted octanol–water partition coefficient (Wildman–Crippen LogP) is 1.64. The van der Waals surface area contributed by atoms with E-state index in [2.05, 4.69) is 20.2 Å². The number of carbonyl (C=O) groups is 1. The minimum absolute atomic E-state index is 0.0350. The van der Waals surface area contributed by atoms with Crippen LogP contribution in [0.4, 0.5) is 0 Å². The van der Waals surface area contributed by atoms with Crippen LogP contribution in [-0.2, 0) is 0 Å². The molecule has 1 amide bonds. The molecule has 0 N–H and O–H groups in total. The van der Waals surface area contributed by atoms with Gasteiger partial charge in [-0.1, -0.05) is 0 Å². The molecule has 1 aliphatic rings. The fourth-order valence-corrected chi connectivity index (χ4v) is 3.22. The third kappa shape index (κ3) is 3.02. The standard InChI is InChI=1S/C17H19N7O/c1-13-8-20-23(9-13)14-4-3-7-22(10-14)17(25)15-5-2-6-19-16(15)24-12-18-11-21-24/h2,5-6,8-9,11-12,14H,3-4,7,10H2,1H3/t14-/m0/s1. The molecule has 0 spiro atoms. The summed E-state index contributed by atoms with van der Waals surface area (Å²) < 4.78 is 3.49. The molecule has 1 aliphatic heterocycles. The number of nitrogens with zero attached hydrogens (tertiary/aromatic N) is 7. The Morgan fingerprint density at radius 3 is 3.00 bits per heavy atom. The molecule has 0 bridgehead atoms. The lowest BCUT2D eigenvalue weighted by molar-refractivity contribution is 0.0672. The fraction of sp³-hybridized carbons (Fsp3) is 0.353. The van der Waals surface area contributed by atoms with Crippen LogP contribution in [0.15, 0.2) is 43.4 Å². The summed E-state index contributed by atoms with van der Waals surface area (Å²) in [6.07, 6.45) is 10.5. The third-order valence-corrected chi connectivity index (χ3v) is 4.44. The number of likely N-dealkylation sites (tertiary alicyclic amines) is 1. The minimum atomic E-state index is -0.0350. The van der Waals surface area contributed by atoms with Gasteiger partial charge in [-0.05, 0) is 37.5 Å². The molecule has 1 saturated heterocycles. The maximum Gasteiger partial charge on any atom is 0.257 e. The van der Waals surface area contributed by atoms with Crippen LogP contribution in [0.3, 0.4) is 0 Å². The second-order valence-corrected chi connectivity index (χ2v) is 6.26. The smallest absolute Gasteiger partial charge is 0.257 e. The Morgan fingerprint density at radius 2 is 2.24 bits per heavy atom. The van der Waals surface area contributed by atoms with Gasteiger partial charge in [0, 0.05) is 25.5 Å². The number of hydrogen-bond donors (Lipinski definition) is 0. The summed E-state index contributed by atoms with van der Waals surface area (Å²) in [5, 5.41) is 8.51. The number of carbonyl (C=O) groups excluding carboxylic acids is 1. The topological polar surface area (TPSA) is 81.7 Å². The molecular weight excluding hydrogens is 318 g/mol. The SMILES string of the molecule is Cc1cnn([C@H]2CCCN(C(=O)c3cccnc3-n3cncn3)C2)c1. The Labute approximate surface area is 145 Å². The van der Waals surface area contributed by atoms with Crippen molar-refractivity contribution in [1.82, 2.24) is 34.4 Å². The Balaban J connectivity index is 1.59. The Hall–Kier alpha value is -3.03. The van der Waals surface area contributed by atoms with E-state index in [1.54, 1.807) is 24.7 Å². The Bertz CT molecular complexity index is 871. The number of piperidine rings is 1. The van der Waals surface area contributed by atoms with Gasteiger partial charge in [0.2, 0.25) is 0 Å². The number of hydrogen-bond acceptors (Lipinski definition) is 5. The van der Waals surface area contributed by atoms with E-state index >= 15 is 0 Å². The van der Waals surface area contributed by atoms with Gasteiger partial charge >= 0.3 is 0 Å². The quantitative estimate of drug-likeness (QED) is 0.726. The summed E-state index contributed by atoms with van der Waals surface area (Å²) in [6, 6.07) is 3.76. The van der Waals surface area contributed by atoms with Gasteiger partial charge < -0.3 is 4.90 Å². The van der Waals surface area contributed by atoms with Crippen LogP contribution in [0.2, 0.25) is 0 Å². The van der Waals surface area contributed by atoms with E-state index in [9.17, 15) is 4.79 Å². The number of rotatable bonds is 3. The third-order valence-electron chi connectivity index (χ3n) is 4.44. The molecule has 3 aromatic rings. The first kappa shape index (κ1) is 15.5. The molecule has 1 fully saturated rings. The first-order chi connectivity index (χ1) is 12.2. The highest BCUT2D eigenvalue weighted by atomic mass is 16.2. The lowest BCUT2D eigenvalue weighted by Crippen LogP contribution is -2.41. The maximum absolute atomic E-state index is 13.1. The van der Waals surface area contributed by atoms with Crippen molar-refractivity contribution in [1.29, 1.82) is 0 Å². The van der Waals surface area contributed by atoms with E-state index in [1.807, 2.05) is 28.9 Å². The summed E-state index contributed by atoms with van der Waals surface area (Å²) in [5.41, 5.74) is 1.66. The summed E-state index contributed by atoms with van der Waals surface area (Å²) >= 11 is 0. The van der Waals surface area contributed by atoms with Crippen molar-refractivity contribution in [3.63, 3.8) is 0 Å². The average Bonchev–Trinajstić information content (AvgIpc) is 3.33. The average molecular weight is 337 g/mol. The molecular formula is C17H19N7O. The zero-order valence-corrected chi connectivity index (χ0v) is 14.0. The minimum Gasteiger partial charge on any atom is -0.336 e. The van der Waals surface area contributed by atoms with Crippen molar-refractivity contribution in [3.05, 3.63) is 54.5 Å². The fourth-order valence-electron chi connectivity index (χ4n) is 3.22. The van der Waals surface area contributed by atoms with Gasteiger partial charge in [-0.2, -0.15) is 10.2 Å². The molecule has 0 aromatic carbocycles. The normalized spacial score (nSPS) is 17.6. The van der Waals surface area contributed by atoms with E-state index < -0.39 is 0 Å². The zero-order valence-electron chi connectivity index (χ0n) is 14.0. The van der Waals surface area contributed by atoms with Gasteiger partial charge in [0.15, 0.2) is 5.82 Å². The van der Waals surface area contributed by atoms with Gasteiger partial charge in [0.1, 0.15) is 12.7 Å². The molecule has 4 heterocycles. The predicted molar refractivity (Wildman–Crippen MR) is 90.3 cm³/mol. The van der Waals surface area contributed by atoms with Gasteiger partial charge in [0.25, 0.3) is 5.91 Å². The summed E-state index contributed by atoms with van der Waals surface area (Å²) in [5.74, 6) is 0.467. The van der Waals surface area contributed by atoms with E-state index in [0.29, 0.717) is 17.9 Å². The van der Waals surface area contributed by atoms with Crippen LogP contribution >= 0.6 is 0 Å². The van der Waals surface area contributed by atoms with Gasteiger partial charge in [-0.3, -0.25) is 9.48 Å². The van der Waals surface area contributed by atoms with Crippen LogP contribution in [0.5, 0.6) is 0 Å². The molecule has 1 atom stereocenters. The van der Waals surface area contributed by atoms with E-state index in [0.717, 1.165) is 24.9 Å². The van der Waals surface area contributed by atoms with Crippen molar-refractivity contribution in [2.75, 3.05) is 13.1 Å². The molecule has 3 aromatic heterocycles. The molecule has 25 heavy (non-hydrogen) atoms. The van der Waals surface area contributed by atoms with Crippen molar-refractivity contribution in [2.45, 2.75) is 25.8 Å². The zero-order chi connectivity index (χ0) is 17.2. The Morgan fingerprint density at radius 1 is 1.32 bits per heavy atom. The largest absolute Gasteiger partial charge is 0.336 e. The Kier molecular flexibility index (Phi) is 4.01. The number of aromatic nitrogens is 6. The molecule has 4 rings (SSSR count). The van der Waals surface area contributed by atoms with E-state index in [1.165, 1.54) is 11.0 Å². The van der Waals surface area contributed by atoms with Crippen LogP contribution in [0.25, 0.3) is 5.82 Å². The van der Waals surface area contributed by atoms with Gasteiger partial charge in [-0.25, -0.2) is 14.6 Å². The molecule has 8 nitrogen and oxygen atoms in total. The second kappa shape index (κ2) is 6.46. The number of pyridine rings is 1. The number of aryl methyl sites for hydroxylation is 1. The maximum atomic E-state index is 13.1. The summed E-state index contributed by atoms with van der Waals surface area (Å²) in [4.78, 5) is 23.2. The van der Waals surface area contributed by atoms with Crippen LogP contribution in [0, 0.1) is 6.92 Å². The lowest BCUT2D eigenvalue weighted by Gasteiger charge is -2.33. The van der Waals surface area contributed by atoms with Crippen LogP contribution < -0.4 is 0 Å². The van der Waals surface area contributed by atoms with Crippen molar-refractivity contribution < 1.29 is 4.79 Å². The van der Waals surface area contributed by atoms with Crippen LogP contribution in [0.1, 0.15) is 34.8 Å². The molecule has 0 radical (unpaired) electrons. The van der Waals surface area contributed by atoms with E-state index in [-0.39, 0.29) is 11.9 Å². The lowest BCUT2D eigenvalue weighted by atomic mass is 10.0. The molecule has 0 aliphatic carbocycles. The second-order valence-electron chi connectivity index (χ2n) is 6.26. The molecule has 0 saturated carbocycles. The first-order valence-electron chi connectivity index (χ1n) is 8.32. The van der Waals surface area contributed by atoms with Gasteiger partial charge in [0.05, 0.1) is 17.8 Å². The highest BCUT2D eigenvalue weighted by Crippen LogP contribution is 2.23. The summed E-state index contributed by atoms with van der Waals surface area (Å²) in [6.45, 7) is 3.40. The highest BCUT2D eigenvalue weighted by Gasteiger charge is 2.27. The van der Waals surface area contributed by atoms with Crippen LogP contribution in [-0.4, -0.2) is 53.4 Å². The van der Waals surface area contributed by atoms with E-state index in [4.69, 9.17) is 0 Å². The van der Waals surface area contributed by atoms with Gasteiger partial charge in [-0.15, -0.1) is 0 Å². The molecule has 8 heteroatoms. The monoisotopic (exact) mass is 337 g/mol. The highest BCUT2D eigenvalue weighted by molar-refractivity contribution is 5.97.